The zero-order valence-electron chi connectivity index (χ0n) is 22.6. The molecule has 0 aliphatic heterocycles. The van der Waals surface area contributed by atoms with Crippen LogP contribution in [0.5, 0.6) is 5.88 Å². The average molecular weight is 552 g/mol. The summed E-state index contributed by atoms with van der Waals surface area (Å²) in [6.07, 6.45) is 3.80. The molecule has 1 fully saturated rings. The van der Waals surface area contributed by atoms with Crippen LogP contribution in [0.2, 0.25) is 5.02 Å². The van der Waals surface area contributed by atoms with Crippen molar-refractivity contribution in [3.05, 3.63) is 73.5 Å². The largest absolute Gasteiger partial charge is 0.474 e. The van der Waals surface area contributed by atoms with E-state index in [4.69, 9.17) is 26.3 Å². The number of hydrogen-bond donors (Lipinski definition) is 1. The van der Waals surface area contributed by atoms with Crippen LogP contribution in [0.3, 0.4) is 0 Å². The first kappa shape index (κ1) is 27.1. The summed E-state index contributed by atoms with van der Waals surface area (Å²) in [5.41, 5.74) is 2.20. The highest BCUT2D eigenvalue weighted by atomic mass is 35.5. The highest BCUT2D eigenvalue weighted by Crippen LogP contribution is 2.31. The number of pyridine rings is 1. The summed E-state index contributed by atoms with van der Waals surface area (Å²) in [7, 11) is 0. The quantitative estimate of drug-likeness (QED) is 0.330. The number of benzene rings is 1. The summed E-state index contributed by atoms with van der Waals surface area (Å²) in [4.78, 5) is 36.6. The van der Waals surface area contributed by atoms with Crippen LogP contribution in [-0.2, 0) is 19.6 Å². The van der Waals surface area contributed by atoms with Crippen LogP contribution >= 0.6 is 11.6 Å². The third-order valence-corrected chi connectivity index (χ3v) is 7.83. The van der Waals surface area contributed by atoms with Crippen molar-refractivity contribution in [1.29, 1.82) is 0 Å². The van der Waals surface area contributed by atoms with Crippen LogP contribution in [0.25, 0.3) is 22.6 Å². The summed E-state index contributed by atoms with van der Waals surface area (Å²) in [5, 5.41) is 9.98. The molecule has 3 heterocycles. The molecule has 10 heteroatoms. The molecule has 0 unspecified atom stereocenters. The molecule has 0 radical (unpaired) electrons. The monoisotopic (exact) mass is 551 g/mol. The summed E-state index contributed by atoms with van der Waals surface area (Å²) in [6, 6.07) is 11.2. The van der Waals surface area contributed by atoms with E-state index in [0.717, 1.165) is 36.1 Å². The molecule has 1 aliphatic rings. The molecule has 39 heavy (non-hydrogen) atoms. The SMILES string of the molecule is CCn1c(=O)n(CCCO)c(=O)c2c1nc(-c1ccc(O[C@H]3CCC[C@@H]3C)nc1C)n2Cc1ccc(Cl)cc1. The highest BCUT2D eigenvalue weighted by molar-refractivity contribution is 6.30. The predicted molar refractivity (Wildman–Crippen MR) is 152 cm³/mol. The van der Waals surface area contributed by atoms with E-state index in [0.29, 0.717) is 53.3 Å². The number of fused-ring (bicyclic) bond motifs is 1. The minimum Gasteiger partial charge on any atom is -0.474 e. The first-order valence-corrected chi connectivity index (χ1v) is 13.9. The minimum absolute atomic E-state index is 0.121. The Balaban J connectivity index is 1.69. The molecule has 1 aliphatic carbocycles. The Morgan fingerprint density at radius 2 is 1.82 bits per heavy atom. The van der Waals surface area contributed by atoms with Crippen molar-refractivity contribution in [1.82, 2.24) is 23.7 Å². The molecule has 1 saturated carbocycles. The number of rotatable bonds is 9. The summed E-state index contributed by atoms with van der Waals surface area (Å²) in [6.45, 7) is 6.65. The molecule has 0 saturated heterocycles. The van der Waals surface area contributed by atoms with Gasteiger partial charge in [0.05, 0.1) is 5.69 Å². The number of aliphatic hydroxyl groups is 1. The standard InChI is InChI=1S/C29H34ClN5O4/c1-4-33-27-25(28(37)34(29(33)38)15-6-16-36)35(17-20-9-11-21(30)12-10-20)26(32-27)22-13-14-24(31-19(22)3)39-23-8-5-7-18(23)2/h9-14,18,23,36H,4-8,15-17H2,1-3H3/t18-,23-/m0/s1. The average Bonchev–Trinajstić information content (AvgIpc) is 3.49. The van der Waals surface area contributed by atoms with E-state index >= 15 is 0 Å². The first-order valence-electron chi connectivity index (χ1n) is 13.6. The van der Waals surface area contributed by atoms with Gasteiger partial charge in [-0.15, -0.1) is 0 Å². The second kappa shape index (κ2) is 11.4. The van der Waals surface area contributed by atoms with E-state index in [2.05, 4.69) is 6.92 Å². The Kier molecular flexibility index (Phi) is 7.91. The van der Waals surface area contributed by atoms with Gasteiger partial charge in [-0.25, -0.2) is 14.8 Å². The second-order valence-electron chi connectivity index (χ2n) is 10.2. The molecular formula is C29H34ClN5O4. The number of aryl methyl sites for hydroxylation is 2. The Morgan fingerprint density at radius 1 is 1.05 bits per heavy atom. The van der Waals surface area contributed by atoms with Gasteiger partial charge >= 0.3 is 5.69 Å². The van der Waals surface area contributed by atoms with Gasteiger partial charge in [0.1, 0.15) is 11.9 Å². The van der Waals surface area contributed by atoms with E-state index in [9.17, 15) is 14.7 Å². The maximum atomic E-state index is 13.7. The Morgan fingerprint density at radius 3 is 2.46 bits per heavy atom. The number of imidazole rings is 1. The maximum Gasteiger partial charge on any atom is 0.332 e. The Labute approximate surface area is 231 Å². The van der Waals surface area contributed by atoms with Crippen LogP contribution in [0, 0.1) is 12.8 Å². The fourth-order valence-electron chi connectivity index (χ4n) is 5.42. The van der Waals surface area contributed by atoms with Crippen molar-refractivity contribution >= 4 is 22.8 Å². The lowest BCUT2D eigenvalue weighted by molar-refractivity contribution is 0.160. The molecule has 206 valence electrons. The van der Waals surface area contributed by atoms with Gasteiger partial charge in [0, 0.05) is 42.9 Å². The Bertz CT molecular complexity index is 1610. The lowest BCUT2D eigenvalue weighted by atomic mass is 10.1. The lowest BCUT2D eigenvalue weighted by Crippen LogP contribution is -2.40. The molecule has 5 rings (SSSR count). The molecule has 2 atom stereocenters. The summed E-state index contributed by atoms with van der Waals surface area (Å²) in [5.74, 6) is 1.62. The van der Waals surface area contributed by atoms with Crippen molar-refractivity contribution in [2.45, 2.75) is 72.2 Å². The third-order valence-electron chi connectivity index (χ3n) is 7.58. The van der Waals surface area contributed by atoms with Gasteiger partial charge in [-0.05, 0) is 69.2 Å². The van der Waals surface area contributed by atoms with Gasteiger partial charge in [0.25, 0.3) is 5.56 Å². The van der Waals surface area contributed by atoms with Gasteiger partial charge in [-0.1, -0.05) is 30.7 Å². The van der Waals surface area contributed by atoms with Crippen molar-refractivity contribution in [3.8, 4) is 17.3 Å². The van der Waals surface area contributed by atoms with Crippen LogP contribution in [-0.4, -0.2) is 41.5 Å². The molecule has 0 amide bonds. The number of nitrogens with zero attached hydrogens (tertiary/aromatic N) is 5. The molecule has 0 bridgehead atoms. The zero-order chi connectivity index (χ0) is 27.7. The van der Waals surface area contributed by atoms with E-state index < -0.39 is 11.2 Å². The smallest absolute Gasteiger partial charge is 0.332 e. The van der Waals surface area contributed by atoms with Crippen molar-refractivity contribution in [3.63, 3.8) is 0 Å². The molecular weight excluding hydrogens is 518 g/mol. The number of ether oxygens (including phenoxy) is 1. The first-order chi connectivity index (χ1) is 18.8. The van der Waals surface area contributed by atoms with Gasteiger partial charge in [-0.3, -0.25) is 13.9 Å². The highest BCUT2D eigenvalue weighted by Gasteiger charge is 2.27. The van der Waals surface area contributed by atoms with Crippen molar-refractivity contribution in [2.24, 2.45) is 5.92 Å². The van der Waals surface area contributed by atoms with E-state index in [-0.39, 0.29) is 19.3 Å². The fraction of sp³-hybridized carbons (Fsp3) is 0.448. The zero-order valence-corrected chi connectivity index (χ0v) is 23.3. The summed E-state index contributed by atoms with van der Waals surface area (Å²) < 4.78 is 10.8. The summed E-state index contributed by atoms with van der Waals surface area (Å²) >= 11 is 6.12. The van der Waals surface area contributed by atoms with E-state index in [1.54, 1.807) is 12.1 Å². The number of halogens is 1. The van der Waals surface area contributed by atoms with Gasteiger partial charge in [0.15, 0.2) is 11.2 Å². The van der Waals surface area contributed by atoms with Gasteiger partial charge < -0.3 is 14.4 Å². The number of aromatic nitrogens is 5. The van der Waals surface area contributed by atoms with Gasteiger partial charge in [0.2, 0.25) is 5.88 Å². The molecule has 3 aromatic heterocycles. The van der Waals surface area contributed by atoms with E-state index in [1.165, 1.54) is 9.13 Å². The topological polar surface area (TPSA) is 104 Å². The van der Waals surface area contributed by atoms with Gasteiger partial charge in [-0.2, -0.15) is 0 Å². The third kappa shape index (κ3) is 5.25. The fourth-order valence-corrected chi connectivity index (χ4v) is 5.54. The van der Waals surface area contributed by atoms with Crippen molar-refractivity contribution < 1.29 is 9.84 Å². The van der Waals surface area contributed by atoms with Crippen LogP contribution in [0.4, 0.5) is 0 Å². The van der Waals surface area contributed by atoms with E-state index in [1.807, 2.05) is 42.7 Å². The Hall–Kier alpha value is -3.43. The van der Waals surface area contributed by atoms with Crippen molar-refractivity contribution in [2.75, 3.05) is 6.61 Å². The van der Waals surface area contributed by atoms with Crippen LogP contribution < -0.4 is 16.0 Å². The molecule has 0 spiro atoms. The number of aliphatic hydroxyl groups excluding tert-OH is 1. The van der Waals surface area contributed by atoms with Crippen LogP contribution in [0.1, 0.15) is 50.8 Å². The molecule has 1 aromatic carbocycles. The normalized spacial score (nSPS) is 17.3. The minimum atomic E-state index is -0.435. The molecule has 9 nitrogen and oxygen atoms in total. The second-order valence-corrected chi connectivity index (χ2v) is 10.7. The van der Waals surface area contributed by atoms with Crippen LogP contribution in [0.15, 0.2) is 46.0 Å². The molecule has 4 aromatic rings. The molecule has 1 N–H and O–H groups in total. The number of hydrogen-bond acceptors (Lipinski definition) is 6. The lowest BCUT2D eigenvalue weighted by Gasteiger charge is -2.18. The maximum absolute atomic E-state index is 13.7. The predicted octanol–water partition coefficient (Wildman–Crippen LogP) is 4.40.